The van der Waals surface area contributed by atoms with Crippen LogP contribution in [-0.4, -0.2) is 17.9 Å². The monoisotopic (exact) mass is 260 g/mol. The van der Waals surface area contributed by atoms with E-state index in [1.54, 1.807) is 0 Å². The van der Waals surface area contributed by atoms with Gasteiger partial charge in [0.1, 0.15) is 0 Å². The van der Waals surface area contributed by atoms with Gasteiger partial charge in [-0.25, -0.2) is 0 Å². The molecule has 1 aromatic rings. The molecule has 104 valence electrons. The quantitative estimate of drug-likeness (QED) is 0.848. The fraction of sp³-hybridized carbons (Fsp3) is 0.562. The minimum absolute atomic E-state index is 0.170. The average Bonchev–Trinajstić information content (AvgIpc) is 2.41. The fourth-order valence-electron chi connectivity index (χ4n) is 3.01. The number of anilines is 1. The van der Waals surface area contributed by atoms with Gasteiger partial charge in [-0.3, -0.25) is 4.79 Å². The lowest BCUT2D eigenvalue weighted by Crippen LogP contribution is -2.41. The van der Waals surface area contributed by atoms with E-state index in [4.69, 9.17) is 5.73 Å². The van der Waals surface area contributed by atoms with E-state index in [9.17, 15) is 4.79 Å². The second kappa shape index (κ2) is 5.64. The third-order valence-electron chi connectivity index (χ3n) is 4.28. The molecule has 0 atom stereocenters. The molecule has 0 spiro atoms. The molecule has 1 aliphatic rings. The summed E-state index contributed by atoms with van der Waals surface area (Å²) in [4.78, 5) is 14.5. The van der Waals surface area contributed by atoms with Crippen LogP contribution in [0.2, 0.25) is 0 Å². The van der Waals surface area contributed by atoms with Crippen molar-refractivity contribution < 1.29 is 4.79 Å². The van der Waals surface area contributed by atoms with Crippen molar-refractivity contribution in [2.75, 3.05) is 12.8 Å². The maximum atomic E-state index is 12.6. The van der Waals surface area contributed by atoms with Crippen molar-refractivity contribution in [2.45, 2.75) is 45.6 Å². The highest BCUT2D eigenvalue weighted by molar-refractivity contribution is 5.82. The molecule has 1 saturated carbocycles. The molecule has 3 heteroatoms. The first-order valence-corrected chi connectivity index (χ1v) is 7.12. The molecular weight excluding hydrogens is 236 g/mol. The number of benzene rings is 1. The zero-order valence-corrected chi connectivity index (χ0v) is 12.0. The molecule has 0 aliphatic heterocycles. The predicted octanol–water partition coefficient (Wildman–Crippen LogP) is 3.20. The van der Waals surface area contributed by atoms with Crippen LogP contribution in [0.5, 0.6) is 0 Å². The Labute approximate surface area is 115 Å². The van der Waals surface area contributed by atoms with E-state index in [1.165, 1.54) is 19.3 Å². The van der Waals surface area contributed by atoms with Crippen LogP contribution in [0.15, 0.2) is 24.3 Å². The summed E-state index contributed by atoms with van der Waals surface area (Å²) in [5, 5.41) is 0. The molecule has 1 fully saturated rings. The number of nitrogens with two attached hydrogens (primary N) is 1. The van der Waals surface area contributed by atoms with Gasteiger partial charge in [0.05, 0.1) is 0 Å². The number of hydrogen-bond donors (Lipinski definition) is 1. The van der Waals surface area contributed by atoms with Crippen LogP contribution in [0.1, 0.15) is 44.6 Å². The topological polar surface area (TPSA) is 46.3 Å². The van der Waals surface area contributed by atoms with Crippen LogP contribution in [0, 0.1) is 5.41 Å². The van der Waals surface area contributed by atoms with Crippen molar-refractivity contribution in [1.29, 1.82) is 0 Å². The Kier molecular flexibility index (Phi) is 4.13. The summed E-state index contributed by atoms with van der Waals surface area (Å²) >= 11 is 0. The summed E-state index contributed by atoms with van der Waals surface area (Å²) in [5.74, 6) is 0.260. The van der Waals surface area contributed by atoms with E-state index in [-0.39, 0.29) is 11.3 Å². The number of carbonyl (C=O) groups excluding carboxylic acids is 1. The normalized spacial score (nSPS) is 18.0. The standard InChI is InChI=1S/C16H24N2O/c1-16(10-6-3-7-11-16)15(19)18(2)12-13-8-4-5-9-14(13)17/h4-5,8-9H,3,6-7,10-12,17H2,1-2H3. The van der Waals surface area contributed by atoms with Crippen LogP contribution < -0.4 is 5.73 Å². The van der Waals surface area contributed by atoms with Gasteiger partial charge in [-0.1, -0.05) is 44.4 Å². The molecule has 0 radical (unpaired) electrons. The van der Waals surface area contributed by atoms with Crippen LogP contribution in [-0.2, 0) is 11.3 Å². The molecule has 3 nitrogen and oxygen atoms in total. The molecule has 1 aliphatic carbocycles. The molecule has 0 heterocycles. The Morgan fingerprint density at radius 2 is 1.89 bits per heavy atom. The van der Waals surface area contributed by atoms with Crippen LogP contribution in [0.25, 0.3) is 0 Å². The van der Waals surface area contributed by atoms with Crippen LogP contribution in [0.4, 0.5) is 5.69 Å². The fourth-order valence-corrected chi connectivity index (χ4v) is 3.01. The summed E-state index contributed by atoms with van der Waals surface area (Å²) in [6.07, 6.45) is 5.63. The van der Waals surface area contributed by atoms with Crippen molar-refractivity contribution in [3.8, 4) is 0 Å². The van der Waals surface area contributed by atoms with Gasteiger partial charge in [-0.05, 0) is 24.5 Å². The molecule has 2 N–H and O–H groups in total. The second-order valence-electron chi connectivity index (χ2n) is 5.98. The number of nitrogens with zero attached hydrogens (tertiary/aromatic N) is 1. The summed E-state index contributed by atoms with van der Waals surface area (Å²) in [7, 11) is 1.88. The molecular formula is C16H24N2O. The first-order valence-electron chi connectivity index (χ1n) is 7.12. The van der Waals surface area contributed by atoms with Crippen molar-refractivity contribution in [3.63, 3.8) is 0 Å². The highest BCUT2D eigenvalue weighted by Crippen LogP contribution is 2.37. The molecule has 1 aromatic carbocycles. The van der Waals surface area contributed by atoms with Crippen LogP contribution in [0.3, 0.4) is 0 Å². The average molecular weight is 260 g/mol. The lowest BCUT2D eigenvalue weighted by Gasteiger charge is -2.35. The number of hydrogen-bond acceptors (Lipinski definition) is 2. The Bertz CT molecular complexity index is 450. The van der Waals surface area contributed by atoms with Crippen molar-refractivity contribution in [1.82, 2.24) is 4.90 Å². The van der Waals surface area contributed by atoms with Crippen LogP contribution >= 0.6 is 0 Å². The van der Waals surface area contributed by atoms with E-state index < -0.39 is 0 Å². The first kappa shape index (κ1) is 13.9. The Balaban J connectivity index is 2.05. The minimum Gasteiger partial charge on any atom is -0.398 e. The molecule has 0 bridgehead atoms. The number of rotatable bonds is 3. The van der Waals surface area contributed by atoms with E-state index >= 15 is 0 Å². The van der Waals surface area contributed by atoms with E-state index in [0.717, 1.165) is 24.1 Å². The van der Waals surface area contributed by atoms with Crippen molar-refractivity contribution in [2.24, 2.45) is 5.41 Å². The predicted molar refractivity (Wildman–Crippen MR) is 78.5 cm³/mol. The van der Waals surface area contributed by atoms with Gasteiger partial charge >= 0.3 is 0 Å². The zero-order chi connectivity index (χ0) is 13.9. The van der Waals surface area contributed by atoms with Gasteiger partial charge in [0.15, 0.2) is 0 Å². The van der Waals surface area contributed by atoms with Gasteiger partial charge in [-0.15, -0.1) is 0 Å². The Hall–Kier alpha value is -1.51. The molecule has 2 rings (SSSR count). The van der Waals surface area contributed by atoms with E-state index in [1.807, 2.05) is 36.2 Å². The third-order valence-corrected chi connectivity index (χ3v) is 4.28. The van der Waals surface area contributed by atoms with Gasteiger partial charge in [0.2, 0.25) is 5.91 Å². The number of nitrogen functional groups attached to an aromatic ring is 1. The summed E-state index contributed by atoms with van der Waals surface area (Å²) in [5.41, 5.74) is 7.56. The maximum absolute atomic E-state index is 12.6. The molecule has 19 heavy (non-hydrogen) atoms. The summed E-state index contributed by atoms with van der Waals surface area (Å²) < 4.78 is 0. The summed E-state index contributed by atoms with van der Waals surface area (Å²) in [6, 6.07) is 7.76. The van der Waals surface area contributed by atoms with Gasteiger partial charge in [0, 0.05) is 24.7 Å². The largest absolute Gasteiger partial charge is 0.398 e. The Morgan fingerprint density at radius 1 is 1.26 bits per heavy atom. The van der Waals surface area contributed by atoms with Gasteiger partial charge in [0.25, 0.3) is 0 Å². The minimum atomic E-state index is -0.170. The highest BCUT2D eigenvalue weighted by atomic mass is 16.2. The SMILES string of the molecule is CN(Cc1ccccc1N)C(=O)C1(C)CCCCC1. The second-order valence-corrected chi connectivity index (χ2v) is 5.98. The maximum Gasteiger partial charge on any atom is 0.228 e. The molecule has 0 aromatic heterocycles. The van der Waals surface area contributed by atoms with Gasteiger partial charge < -0.3 is 10.6 Å². The number of amides is 1. The lowest BCUT2D eigenvalue weighted by atomic mass is 9.74. The number of carbonyl (C=O) groups is 1. The van der Waals surface area contributed by atoms with E-state index in [0.29, 0.717) is 6.54 Å². The summed E-state index contributed by atoms with van der Waals surface area (Å²) in [6.45, 7) is 2.71. The first-order chi connectivity index (χ1) is 9.03. The molecule has 0 unspecified atom stereocenters. The van der Waals surface area contributed by atoms with Crippen molar-refractivity contribution in [3.05, 3.63) is 29.8 Å². The van der Waals surface area contributed by atoms with E-state index in [2.05, 4.69) is 6.92 Å². The lowest BCUT2D eigenvalue weighted by molar-refractivity contribution is -0.142. The molecule has 0 saturated heterocycles. The smallest absolute Gasteiger partial charge is 0.228 e. The highest BCUT2D eigenvalue weighted by Gasteiger charge is 2.36. The van der Waals surface area contributed by atoms with Crippen molar-refractivity contribution >= 4 is 11.6 Å². The number of para-hydroxylation sites is 1. The Morgan fingerprint density at radius 3 is 2.53 bits per heavy atom. The zero-order valence-electron chi connectivity index (χ0n) is 12.0. The third kappa shape index (κ3) is 3.09. The van der Waals surface area contributed by atoms with Gasteiger partial charge in [-0.2, -0.15) is 0 Å². The molecule has 1 amide bonds.